The molecule has 7 nitrogen and oxygen atoms in total. The van der Waals surface area contributed by atoms with E-state index in [1.807, 2.05) is 0 Å². The minimum absolute atomic E-state index is 0.0790. The molecule has 3 amide bonds. The lowest BCUT2D eigenvalue weighted by Gasteiger charge is -2.30. The van der Waals surface area contributed by atoms with E-state index < -0.39 is 18.0 Å². The second-order valence-electron chi connectivity index (χ2n) is 5.12. The number of nitrogens with one attached hydrogen (secondary N) is 1. The number of hydrogen-bond donors (Lipinski definition) is 2. The molecule has 1 rings (SSSR count). The molecule has 114 valence electrons. The molecule has 1 aliphatic rings. The zero-order valence-electron chi connectivity index (χ0n) is 12.1. The van der Waals surface area contributed by atoms with Crippen LogP contribution in [-0.4, -0.2) is 65.5 Å². The van der Waals surface area contributed by atoms with E-state index in [2.05, 4.69) is 5.32 Å². The molecule has 1 heterocycles. The van der Waals surface area contributed by atoms with Gasteiger partial charge in [-0.05, 0) is 26.2 Å². The summed E-state index contributed by atoms with van der Waals surface area (Å²) in [4.78, 5) is 37.4. The number of rotatable bonds is 5. The highest BCUT2D eigenvalue weighted by molar-refractivity contribution is 5.86. The van der Waals surface area contributed by atoms with Crippen LogP contribution in [-0.2, 0) is 9.59 Å². The molecular formula is C13H23N3O4. The van der Waals surface area contributed by atoms with Crippen molar-refractivity contribution in [3.8, 4) is 0 Å². The van der Waals surface area contributed by atoms with Crippen LogP contribution in [0.4, 0.5) is 4.79 Å². The number of carbonyl (C=O) groups excluding carboxylic acids is 2. The first-order chi connectivity index (χ1) is 9.41. The number of hydrogen-bond acceptors (Lipinski definition) is 3. The minimum atomic E-state index is -0.956. The van der Waals surface area contributed by atoms with Crippen molar-refractivity contribution < 1.29 is 19.5 Å². The number of aliphatic carboxylic acids is 1. The second-order valence-corrected chi connectivity index (χ2v) is 5.12. The predicted molar refractivity (Wildman–Crippen MR) is 73.3 cm³/mol. The Morgan fingerprint density at radius 3 is 2.40 bits per heavy atom. The Morgan fingerprint density at radius 1 is 1.25 bits per heavy atom. The molecule has 0 spiro atoms. The van der Waals surface area contributed by atoms with Gasteiger partial charge in [0.25, 0.3) is 0 Å². The van der Waals surface area contributed by atoms with Crippen molar-refractivity contribution in [2.24, 2.45) is 0 Å². The lowest BCUT2D eigenvalue weighted by molar-refractivity contribution is -0.137. The fraction of sp³-hybridized carbons (Fsp3) is 0.769. The molecule has 1 fully saturated rings. The van der Waals surface area contributed by atoms with Gasteiger partial charge in [-0.1, -0.05) is 0 Å². The topological polar surface area (TPSA) is 90.0 Å². The van der Waals surface area contributed by atoms with Crippen molar-refractivity contribution in [2.45, 2.75) is 38.6 Å². The van der Waals surface area contributed by atoms with Gasteiger partial charge in [-0.2, -0.15) is 0 Å². The average Bonchev–Trinajstić information content (AvgIpc) is 2.44. The molecule has 0 bridgehead atoms. The number of carboxylic acids is 1. The van der Waals surface area contributed by atoms with E-state index in [0.717, 1.165) is 32.4 Å². The first-order valence-electron chi connectivity index (χ1n) is 6.94. The molecule has 0 saturated carbocycles. The standard InChI is InChI=1S/C13H23N3O4/c1-10(12(19)16-7-4-3-5-8-16)14-13(20)15(2)9-6-11(17)18/h10H,3-9H2,1-2H3,(H,14,20)(H,17,18). The number of carboxylic acid groups (broad SMARTS) is 1. The number of urea groups is 1. The Morgan fingerprint density at radius 2 is 1.85 bits per heavy atom. The van der Waals surface area contributed by atoms with Crippen molar-refractivity contribution in [3.63, 3.8) is 0 Å². The van der Waals surface area contributed by atoms with Crippen LogP contribution in [0.2, 0.25) is 0 Å². The Balaban J connectivity index is 2.39. The zero-order chi connectivity index (χ0) is 15.1. The summed E-state index contributed by atoms with van der Waals surface area (Å²) in [5.74, 6) is -1.04. The number of amides is 3. The molecule has 7 heteroatoms. The summed E-state index contributed by atoms with van der Waals surface area (Å²) in [6.45, 7) is 3.26. The first-order valence-corrected chi connectivity index (χ1v) is 6.94. The lowest BCUT2D eigenvalue weighted by atomic mass is 10.1. The Labute approximate surface area is 118 Å². The molecule has 1 saturated heterocycles. The van der Waals surface area contributed by atoms with Crippen LogP contribution in [0, 0.1) is 0 Å². The summed E-state index contributed by atoms with van der Waals surface area (Å²) in [7, 11) is 1.51. The molecule has 0 aromatic heterocycles. The third kappa shape index (κ3) is 5.07. The van der Waals surface area contributed by atoms with Gasteiger partial charge in [0.2, 0.25) is 5.91 Å². The highest BCUT2D eigenvalue weighted by atomic mass is 16.4. The Bertz CT molecular complexity index is 367. The Kier molecular flexibility index (Phi) is 6.27. The molecule has 1 aliphatic heterocycles. The third-order valence-electron chi connectivity index (χ3n) is 3.39. The second kappa shape index (κ2) is 7.72. The van der Waals surface area contributed by atoms with Gasteiger partial charge < -0.3 is 20.2 Å². The zero-order valence-corrected chi connectivity index (χ0v) is 12.1. The van der Waals surface area contributed by atoms with Crippen LogP contribution in [0.5, 0.6) is 0 Å². The summed E-state index contributed by atoms with van der Waals surface area (Å²) < 4.78 is 0. The largest absolute Gasteiger partial charge is 0.481 e. The van der Waals surface area contributed by atoms with E-state index in [1.165, 1.54) is 11.9 Å². The highest BCUT2D eigenvalue weighted by Gasteiger charge is 2.24. The van der Waals surface area contributed by atoms with Crippen LogP contribution in [0.25, 0.3) is 0 Å². The molecule has 20 heavy (non-hydrogen) atoms. The van der Waals surface area contributed by atoms with Crippen LogP contribution in [0.3, 0.4) is 0 Å². The SMILES string of the molecule is CC(NC(=O)N(C)CCC(=O)O)C(=O)N1CCCCC1. The van der Waals surface area contributed by atoms with Gasteiger partial charge >= 0.3 is 12.0 Å². The summed E-state index contributed by atoms with van der Waals surface area (Å²) in [6.07, 6.45) is 3.04. The molecule has 0 aromatic rings. The first kappa shape index (κ1) is 16.3. The van der Waals surface area contributed by atoms with E-state index in [1.54, 1.807) is 11.8 Å². The quantitative estimate of drug-likeness (QED) is 0.770. The number of likely N-dealkylation sites (tertiary alicyclic amines) is 1. The molecule has 1 atom stereocenters. The van der Waals surface area contributed by atoms with Crippen molar-refractivity contribution in [3.05, 3.63) is 0 Å². The maximum Gasteiger partial charge on any atom is 0.317 e. The number of piperidine rings is 1. The van der Waals surface area contributed by atoms with Gasteiger partial charge in [-0.3, -0.25) is 9.59 Å². The van der Waals surface area contributed by atoms with Gasteiger partial charge in [-0.15, -0.1) is 0 Å². The minimum Gasteiger partial charge on any atom is -0.481 e. The predicted octanol–water partition coefficient (Wildman–Crippen LogP) is 0.504. The van der Waals surface area contributed by atoms with E-state index in [-0.39, 0.29) is 18.9 Å². The number of carbonyl (C=O) groups is 3. The van der Waals surface area contributed by atoms with Gasteiger partial charge in [0, 0.05) is 26.7 Å². The molecule has 1 unspecified atom stereocenters. The smallest absolute Gasteiger partial charge is 0.317 e. The van der Waals surface area contributed by atoms with Crippen molar-refractivity contribution in [2.75, 3.05) is 26.7 Å². The van der Waals surface area contributed by atoms with Crippen LogP contribution < -0.4 is 5.32 Å². The number of nitrogens with zero attached hydrogens (tertiary/aromatic N) is 2. The van der Waals surface area contributed by atoms with Crippen LogP contribution >= 0.6 is 0 Å². The fourth-order valence-corrected chi connectivity index (χ4v) is 2.11. The monoisotopic (exact) mass is 285 g/mol. The normalized spacial score (nSPS) is 16.4. The average molecular weight is 285 g/mol. The van der Waals surface area contributed by atoms with Gasteiger partial charge in [-0.25, -0.2) is 4.79 Å². The van der Waals surface area contributed by atoms with Crippen molar-refractivity contribution in [1.29, 1.82) is 0 Å². The van der Waals surface area contributed by atoms with Crippen LogP contribution in [0.1, 0.15) is 32.6 Å². The molecular weight excluding hydrogens is 262 g/mol. The third-order valence-corrected chi connectivity index (χ3v) is 3.39. The summed E-state index contributed by atoms with van der Waals surface area (Å²) >= 11 is 0. The van der Waals surface area contributed by atoms with E-state index >= 15 is 0 Å². The molecule has 0 aliphatic carbocycles. The summed E-state index contributed by atoms with van der Waals surface area (Å²) in [5.41, 5.74) is 0. The van der Waals surface area contributed by atoms with Crippen molar-refractivity contribution >= 4 is 17.9 Å². The molecule has 0 radical (unpaired) electrons. The lowest BCUT2D eigenvalue weighted by Crippen LogP contribution is -2.51. The Hall–Kier alpha value is -1.79. The fourth-order valence-electron chi connectivity index (χ4n) is 2.11. The maximum absolute atomic E-state index is 12.1. The highest BCUT2D eigenvalue weighted by Crippen LogP contribution is 2.10. The summed E-state index contributed by atoms with van der Waals surface area (Å²) in [6, 6.07) is -1.02. The molecule has 0 aromatic carbocycles. The van der Waals surface area contributed by atoms with E-state index in [9.17, 15) is 14.4 Å². The van der Waals surface area contributed by atoms with Gasteiger partial charge in [0.1, 0.15) is 6.04 Å². The van der Waals surface area contributed by atoms with Gasteiger partial charge in [0.15, 0.2) is 0 Å². The van der Waals surface area contributed by atoms with E-state index in [4.69, 9.17) is 5.11 Å². The molecule has 2 N–H and O–H groups in total. The summed E-state index contributed by atoms with van der Waals surface area (Å²) in [5, 5.41) is 11.2. The van der Waals surface area contributed by atoms with E-state index in [0.29, 0.717) is 0 Å². The van der Waals surface area contributed by atoms with Crippen LogP contribution in [0.15, 0.2) is 0 Å². The maximum atomic E-state index is 12.1. The van der Waals surface area contributed by atoms with Crippen molar-refractivity contribution in [1.82, 2.24) is 15.1 Å². The van der Waals surface area contributed by atoms with Gasteiger partial charge in [0.05, 0.1) is 6.42 Å².